The first kappa shape index (κ1) is 12.7. The van der Waals surface area contributed by atoms with Crippen LogP contribution in [0.3, 0.4) is 0 Å². The first-order valence-electron chi connectivity index (χ1n) is 6.21. The molecule has 15 heavy (non-hydrogen) atoms. The number of ketones is 1. The molecule has 88 valence electrons. The molecule has 0 aromatic heterocycles. The van der Waals surface area contributed by atoms with Crippen molar-refractivity contribution in [1.82, 2.24) is 0 Å². The Kier molecular flexibility index (Phi) is 4.78. The lowest BCUT2D eigenvalue weighted by Gasteiger charge is -2.32. The second-order valence-electron chi connectivity index (χ2n) is 5.14. The van der Waals surface area contributed by atoms with Gasteiger partial charge in [0.05, 0.1) is 6.10 Å². The maximum Gasteiger partial charge on any atom is 0.161 e. The van der Waals surface area contributed by atoms with Crippen LogP contribution in [-0.4, -0.2) is 18.0 Å². The second kappa shape index (κ2) is 5.64. The molecule has 0 radical (unpaired) electrons. The van der Waals surface area contributed by atoms with Gasteiger partial charge in [-0.1, -0.05) is 20.8 Å². The Morgan fingerprint density at radius 3 is 2.27 bits per heavy atom. The molecule has 1 saturated carbocycles. The molecule has 1 fully saturated rings. The molecular formula is C13H24O2. The fourth-order valence-electron chi connectivity index (χ4n) is 2.64. The van der Waals surface area contributed by atoms with Crippen molar-refractivity contribution >= 4 is 5.78 Å². The van der Waals surface area contributed by atoms with E-state index in [0.717, 1.165) is 24.7 Å². The fraction of sp³-hybridized carbons (Fsp3) is 0.923. The predicted octanol–water partition coefficient (Wildman–Crippen LogP) is 3.20. The number of hydrogen-bond acceptors (Lipinski definition) is 2. The lowest BCUT2D eigenvalue weighted by molar-refractivity contribution is -0.135. The highest BCUT2D eigenvalue weighted by molar-refractivity contribution is 5.82. The Hall–Kier alpha value is -0.370. The summed E-state index contributed by atoms with van der Waals surface area (Å²) in [5.41, 5.74) is 0. The Balaban J connectivity index is 2.40. The minimum atomic E-state index is -0.211. The summed E-state index contributed by atoms with van der Waals surface area (Å²) in [7, 11) is 0. The summed E-state index contributed by atoms with van der Waals surface area (Å²) in [6, 6.07) is 0. The van der Waals surface area contributed by atoms with Gasteiger partial charge in [0, 0.05) is 6.42 Å². The highest BCUT2D eigenvalue weighted by Gasteiger charge is 2.26. The monoisotopic (exact) mass is 212 g/mol. The van der Waals surface area contributed by atoms with Gasteiger partial charge in [-0.15, -0.1) is 0 Å². The number of carbonyl (C=O) groups is 1. The van der Waals surface area contributed by atoms with Gasteiger partial charge in [0.1, 0.15) is 6.10 Å². The summed E-state index contributed by atoms with van der Waals surface area (Å²) in [5.74, 6) is 1.70. The lowest BCUT2D eigenvalue weighted by atomic mass is 9.81. The molecule has 0 N–H and O–H groups in total. The summed E-state index contributed by atoms with van der Waals surface area (Å²) in [6.45, 7) is 8.33. The predicted molar refractivity (Wildman–Crippen MR) is 61.8 cm³/mol. The third-order valence-corrected chi connectivity index (χ3v) is 3.33. The standard InChI is InChI=1S/C13H24O2/c1-5-13(14)11(4)15-12-7-9(2)6-10(3)8-12/h9-12H,5-8H2,1-4H3. The van der Waals surface area contributed by atoms with E-state index in [-0.39, 0.29) is 11.9 Å². The van der Waals surface area contributed by atoms with Crippen LogP contribution in [0, 0.1) is 11.8 Å². The average molecular weight is 212 g/mol. The molecule has 0 aliphatic heterocycles. The van der Waals surface area contributed by atoms with Crippen LogP contribution in [0.15, 0.2) is 0 Å². The quantitative estimate of drug-likeness (QED) is 0.715. The molecule has 0 amide bonds. The van der Waals surface area contributed by atoms with Gasteiger partial charge >= 0.3 is 0 Å². The van der Waals surface area contributed by atoms with E-state index in [1.54, 1.807) is 0 Å². The number of hydrogen-bond donors (Lipinski definition) is 0. The molecule has 0 spiro atoms. The van der Waals surface area contributed by atoms with Crippen LogP contribution >= 0.6 is 0 Å². The Bertz CT molecular complexity index is 203. The Morgan fingerprint density at radius 2 is 1.80 bits per heavy atom. The first-order valence-corrected chi connectivity index (χ1v) is 6.21. The molecule has 0 saturated heterocycles. The molecule has 0 heterocycles. The van der Waals surface area contributed by atoms with E-state index in [0.29, 0.717) is 12.5 Å². The summed E-state index contributed by atoms with van der Waals surface area (Å²) >= 11 is 0. The maximum absolute atomic E-state index is 11.4. The molecule has 1 aliphatic carbocycles. The summed E-state index contributed by atoms with van der Waals surface area (Å²) in [5, 5.41) is 0. The van der Waals surface area contributed by atoms with Gasteiger partial charge in [-0.25, -0.2) is 0 Å². The smallest absolute Gasteiger partial charge is 0.161 e. The van der Waals surface area contributed by atoms with E-state index in [1.807, 2.05) is 13.8 Å². The van der Waals surface area contributed by atoms with Gasteiger partial charge in [-0.2, -0.15) is 0 Å². The molecule has 0 bridgehead atoms. The topological polar surface area (TPSA) is 26.3 Å². The van der Waals surface area contributed by atoms with E-state index < -0.39 is 0 Å². The highest BCUT2D eigenvalue weighted by atomic mass is 16.5. The summed E-state index contributed by atoms with van der Waals surface area (Å²) < 4.78 is 5.84. The van der Waals surface area contributed by atoms with Crippen molar-refractivity contribution in [3.63, 3.8) is 0 Å². The van der Waals surface area contributed by atoms with Gasteiger partial charge in [-0.3, -0.25) is 4.79 Å². The van der Waals surface area contributed by atoms with Gasteiger partial charge in [0.15, 0.2) is 5.78 Å². The van der Waals surface area contributed by atoms with Crippen LogP contribution < -0.4 is 0 Å². The second-order valence-corrected chi connectivity index (χ2v) is 5.14. The number of rotatable bonds is 4. The average Bonchev–Trinajstić information content (AvgIpc) is 2.14. The van der Waals surface area contributed by atoms with Crippen molar-refractivity contribution in [1.29, 1.82) is 0 Å². The molecule has 3 unspecified atom stereocenters. The summed E-state index contributed by atoms with van der Waals surface area (Å²) in [6.07, 6.45) is 4.21. The van der Waals surface area contributed by atoms with Crippen molar-refractivity contribution < 1.29 is 9.53 Å². The SMILES string of the molecule is CCC(=O)C(C)OC1CC(C)CC(C)C1. The first-order chi connectivity index (χ1) is 7.02. The fourth-order valence-corrected chi connectivity index (χ4v) is 2.64. The largest absolute Gasteiger partial charge is 0.367 e. The molecular weight excluding hydrogens is 188 g/mol. The maximum atomic E-state index is 11.4. The van der Waals surface area contributed by atoms with Gasteiger partial charge in [0.2, 0.25) is 0 Å². The number of Topliss-reactive ketones (excluding diaryl/α,β-unsaturated/α-hetero) is 1. The number of ether oxygens (including phenoxy) is 1. The van der Waals surface area contributed by atoms with Crippen molar-refractivity contribution in [2.75, 3.05) is 0 Å². The van der Waals surface area contributed by atoms with Gasteiger partial charge < -0.3 is 4.74 Å². The zero-order valence-electron chi connectivity index (χ0n) is 10.5. The molecule has 0 aromatic carbocycles. The van der Waals surface area contributed by atoms with E-state index in [2.05, 4.69) is 13.8 Å². The summed E-state index contributed by atoms with van der Waals surface area (Å²) in [4.78, 5) is 11.4. The zero-order chi connectivity index (χ0) is 11.4. The molecule has 3 atom stereocenters. The number of carbonyl (C=O) groups excluding carboxylic acids is 1. The van der Waals surface area contributed by atoms with Crippen LogP contribution in [0.25, 0.3) is 0 Å². The molecule has 1 rings (SSSR count). The van der Waals surface area contributed by atoms with Crippen molar-refractivity contribution in [3.8, 4) is 0 Å². The Morgan fingerprint density at radius 1 is 1.27 bits per heavy atom. The van der Waals surface area contributed by atoms with Gasteiger partial charge in [-0.05, 0) is 38.0 Å². The van der Waals surface area contributed by atoms with Crippen LogP contribution in [0.2, 0.25) is 0 Å². The van der Waals surface area contributed by atoms with Crippen molar-refractivity contribution in [2.45, 2.75) is 65.6 Å². The third kappa shape index (κ3) is 3.94. The molecule has 0 aromatic rings. The Labute approximate surface area is 93.4 Å². The molecule has 2 heteroatoms. The minimum absolute atomic E-state index is 0.211. The van der Waals surface area contributed by atoms with Crippen LogP contribution in [-0.2, 0) is 9.53 Å². The normalized spacial score (nSPS) is 33.7. The van der Waals surface area contributed by atoms with E-state index in [9.17, 15) is 4.79 Å². The van der Waals surface area contributed by atoms with Crippen molar-refractivity contribution in [3.05, 3.63) is 0 Å². The lowest BCUT2D eigenvalue weighted by Crippen LogP contribution is -2.32. The van der Waals surface area contributed by atoms with Crippen molar-refractivity contribution in [2.24, 2.45) is 11.8 Å². The third-order valence-electron chi connectivity index (χ3n) is 3.33. The van der Waals surface area contributed by atoms with E-state index in [4.69, 9.17) is 4.74 Å². The van der Waals surface area contributed by atoms with E-state index in [1.165, 1.54) is 6.42 Å². The van der Waals surface area contributed by atoms with Crippen LogP contribution in [0.5, 0.6) is 0 Å². The zero-order valence-corrected chi connectivity index (χ0v) is 10.5. The highest BCUT2D eigenvalue weighted by Crippen LogP contribution is 2.30. The molecule has 2 nitrogen and oxygen atoms in total. The van der Waals surface area contributed by atoms with E-state index >= 15 is 0 Å². The molecule has 1 aliphatic rings. The van der Waals surface area contributed by atoms with Gasteiger partial charge in [0.25, 0.3) is 0 Å². The van der Waals surface area contributed by atoms with Crippen LogP contribution in [0.1, 0.15) is 53.4 Å². The minimum Gasteiger partial charge on any atom is -0.367 e. The van der Waals surface area contributed by atoms with Crippen LogP contribution in [0.4, 0.5) is 0 Å².